The summed E-state index contributed by atoms with van der Waals surface area (Å²) in [6.07, 6.45) is 8.56. The van der Waals surface area contributed by atoms with Gasteiger partial charge in [0.05, 0.1) is 22.8 Å². The zero-order chi connectivity index (χ0) is 11.7. The van der Waals surface area contributed by atoms with Gasteiger partial charge in [-0.05, 0) is 31.4 Å². The van der Waals surface area contributed by atoms with Gasteiger partial charge in [0.15, 0.2) is 0 Å². The molecule has 3 heterocycles. The molecule has 90 valence electrons. The van der Waals surface area contributed by atoms with Crippen molar-refractivity contribution in [2.75, 3.05) is 6.61 Å². The van der Waals surface area contributed by atoms with Crippen LogP contribution in [0, 0.1) is 0 Å². The Bertz CT molecular complexity index is 517. The summed E-state index contributed by atoms with van der Waals surface area (Å²) >= 11 is 6.01. The summed E-state index contributed by atoms with van der Waals surface area (Å²) in [6.45, 7) is 0.884. The maximum absolute atomic E-state index is 6.01. The highest BCUT2D eigenvalue weighted by molar-refractivity contribution is 6.30. The Morgan fingerprint density at radius 3 is 3.18 bits per heavy atom. The summed E-state index contributed by atoms with van der Waals surface area (Å²) in [5.41, 5.74) is 1.08. The van der Waals surface area contributed by atoms with E-state index < -0.39 is 0 Å². The lowest BCUT2D eigenvalue weighted by Crippen LogP contribution is -2.22. The SMILES string of the molecule is Clc1ccc2cnc(CC3CCCCO3)n2c1. The second-order valence-electron chi connectivity index (χ2n) is 4.51. The molecule has 0 aromatic carbocycles. The number of hydrogen-bond donors (Lipinski definition) is 0. The number of aromatic nitrogens is 2. The molecule has 2 aromatic heterocycles. The number of pyridine rings is 1. The van der Waals surface area contributed by atoms with E-state index >= 15 is 0 Å². The van der Waals surface area contributed by atoms with Crippen LogP contribution in [0.25, 0.3) is 5.52 Å². The van der Waals surface area contributed by atoms with E-state index in [2.05, 4.69) is 9.38 Å². The molecule has 4 heteroatoms. The lowest BCUT2D eigenvalue weighted by atomic mass is 10.1. The van der Waals surface area contributed by atoms with Gasteiger partial charge in [-0.25, -0.2) is 4.98 Å². The van der Waals surface area contributed by atoms with E-state index in [0.717, 1.165) is 35.8 Å². The quantitative estimate of drug-likeness (QED) is 0.819. The molecule has 0 saturated carbocycles. The predicted molar refractivity (Wildman–Crippen MR) is 67.5 cm³/mol. The first-order valence-electron chi connectivity index (χ1n) is 6.06. The van der Waals surface area contributed by atoms with Gasteiger partial charge in [-0.3, -0.25) is 0 Å². The van der Waals surface area contributed by atoms with Gasteiger partial charge in [-0.1, -0.05) is 11.6 Å². The Morgan fingerprint density at radius 2 is 2.35 bits per heavy atom. The summed E-state index contributed by atoms with van der Waals surface area (Å²) in [4.78, 5) is 4.45. The first kappa shape index (κ1) is 11.1. The lowest BCUT2D eigenvalue weighted by molar-refractivity contribution is 0.0156. The van der Waals surface area contributed by atoms with Crippen molar-refractivity contribution in [3.8, 4) is 0 Å². The van der Waals surface area contributed by atoms with Gasteiger partial charge < -0.3 is 9.14 Å². The van der Waals surface area contributed by atoms with E-state index in [1.165, 1.54) is 12.8 Å². The predicted octanol–water partition coefficient (Wildman–Crippen LogP) is 3.10. The molecule has 3 rings (SSSR count). The van der Waals surface area contributed by atoms with Gasteiger partial charge in [0.1, 0.15) is 5.82 Å². The monoisotopic (exact) mass is 250 g/mol. The van der Waals surface area contributed by atoms with Crippen LogP contribution in [0.1, 0.15) is 25.1 Å². The molecule has 1 unspecified atom stereocenters. The number of rotatable bonds is 2. The van der Waals surface area contributed by atoms with Gasteiger partial charge in [0.2, 0.25) is 0 Å². The minimum Gasteiger partial charge on any atom is -0.378 e. The van der Waals surface area contributed by atoms with Crippen LogP contribution in [0.3, 0.4) is 0 Å². The van der Waals surface area contributed by atoms with Gasteiger partial charge in [0.25, 0.3) is 0 Å². The standard InChI is InChI=1S/C13H15ClN2O/c14-10-4-5-11-8-15-13(16(11)9-10)7-12-3-1-2-6-17-12/h4-5,8-9,12H,1-3,6-7H2. The first-order valence-corrected chi connectivity index (χ1v) is 6.44. The van der Waals surface area contributed by atoms with Crippen molar-refractivity contribution < 1.29 is 4.74 Å². The Balaban J connectivity index is 1.86. The van der Waals surface area contributed by atoms with Crippen LogP contribution in [-0.2, 0) is 11.2 Å². The smallest absolute Gasteiger partial charge is 0.115 e. The van der Waals surface area contributed by atoms with E-state index in [9.17, 15) is 0 Å². The van der Waals surface area contributed by atoms with Crippen LogP contribution in [0.4, 0.5) is 0 Å². The molecular formula is C13H15ClN2O. The summed E-state index contributed by atoms with van der Waals surface area (Å²) in [7, 11) is 0. The molecule has 1 atom stereocenters. The molecule has 0 amide bonds. The number of halogens is 1. The van der Waals surface area contributed by atoms with Crippen molar-refractivity contribution >= 4 is 17.1 Å². The van der Waals surface area contributed by atoms with Crippen molar-refractivity contribution in [1.29, 1.82) is 0 Å². The topological polar surface area (TPSA) is 26.5 Å². The van der Waals surface area contributed by atoms with Crippen LogP contribution in [0.2, 0.25) is 5.02 Å². The number of imidazole rings is 1. The van der Waals surface area contributed by atoms with Crippen LogP contribution in [0.15, 0.2) is 24.5 Å². The molecule has 0 aliphatic carbocycles. The molecule has 1 saturated heterocycles. The molecule has 0 N–H and O–H groups in total. The fourth-order valence-electron chi connectivity index (χ4n) is 2.34. The van der Waals surface area contributed by atoms with Crippen molar-refractivity contribution in [3.05, 3.63) is 35.4 Å². The fraction of sp³-hybridized carbons (Fsp3) is 0.462. The Labute approximate surface area is 105 Å². The maximum Gasteiger partial charge on any atom is 0.115 e. The third-order valence-electron chi connectivity index (χ3n) is 3.25. The molecule has 2 aromatic rings. The Morgan fingerprint density at radius 1 is 1.41 bits per heavy atom. The first-order chi connectivity index (χ1) is 8.33. The average molecular weight is 251 g/mol. The van der Waals surface area contributed by atoms with Crippen LogP contribution < -0.4 is 0 Å². The molecule has 0 radical (unpaired) electrons. The van der Waals surface area contributed by atoms with E-state index in [4.69, 9.17) is 16.3 Å². The summed E-state index contributed by atoms with van der Waals surface area (Å²) in [5.74, 6) is 1.04. The lowest BCUT2D eigenvalue weighted by Gasteiger charge is -2.21. The van der Waals surface area contributed by atoms with Gasteiger partial charge in [-0.2, -0.15) is 0 Å². The summed E-state index contributed by atoms with van der Waals surface area (Å²) < 4.78 is 7.80. The van der Waals surface area contributed by atoms with Gasteiger partial charge in [-0.15, -0.1) is 0 Å². The molecule has 1 aliphatic rings. The van der Waals surface area contributed by atoms with Gasteiger partial charge in [0, 0.05) is 19.2 Å². The molecule has 0 bridgehead atoms. The zero-order valence-electron chi connectivity index (χ0n) is 9.60. The number of fused-ring (bicyclic) bond motifs is 1. The van der Waals surface area contributed by atoms with Crippen molar-refractivity contribution in [1.82, 2.24) is 9.38 Å². The van der Waals surface area contributed by atoms with Crippen molar-refractivity contribution in [3.63, 3.8) is 0 Å². The summed E-state index contributed by atoms with van der Waals surface area (Å²) in [6, 6.07) is 3.88. The highest BCUT2D eigenvalue weighted by Crippen LogP contribution is 2.19. The maximum atomic E-state index is 6.01. The molecule has 0 spiro atoms. The highest BCUT2D eigenvalue weighted by Gasteiger charge is 2.16. The third kappa shape index (κ3) is 2.31. The number of ether oxygens (including phenoxy) is 1. The normalized spacial score (nSPS) is 20.9. The van der Waals surface area contributed by atoms with Gasteiger partial charge >= 0.3 is 0 Å². The minimum absolute atomic E-state index is 0.313. The highest BCUT2D eigenvalue weighted by atomic mass is 35.5. The zero-order valence-corrected chi connectivity index (χ0v) is 10.4. The van der Waals surface area contributed by atoms with E-state index in [-0.39, 0.29) is 0 Å². The second-order valence-corrected chi connectivity index (χ2v) is 4.95. The molecule has 3 nitrogen and oxygen atoms in total. The van der Waals surface area contributed by atoms with E-state index in [0.29, 0.717) is 6.10 Å². The van der Waals surface area contributed by atoms with Crippen LogP contribution >= 0.6 is 11.6 Å². The molecule has 1 fully saturated rings. The number of hydrogen-bond acceptors (Lipinski definition) is 2. The third-order valence-corrected chi connectivity index (χ3v) is 3.48. The summed E-state index contributed by atoms with van der Waals surface area (Å²) in [5, 5.41) is 0.737. The number of nitrogens with zero attached hydrogens (tertiary/aromatic N) is 2. The molecule has 1 aliphatic heterocycles. The Kier molecular flexibility index (Phi) is 3.04. The molecular weight excluding hydrogens is 236 g/mol. The molecule has 17 heavy (non-hydrogen) atoms. The van der Waals surface area contributed by atoms with Crippen molar-refractivity contribution in [2.24, 2.45) is 0 Å². The fourth-order valence-corrected chi connectivity index (χ4v) is 2.50. The average Bonchev–Trinajstić information content (AvgIpc) is 2.73. The Hall–Kier alpha value is -1.06. The van der Waals surface area contributed by atoms with Crippen LogP contribution in [-0.4, -0.2) is 22.1 Å². The van der Waals surface area contributed by atoms with E-state index in [1.807, 2.05) is 24.5 Å². The minimum atomic E-state index is 0.313. The van der Waals surface area contributed by atoms with Crippen LogP contribution in [0.5, 0.6) is 0 Å². The largest absolute Gasteiger partial charge is 0.378 e. The van der Waals surface area contributed by atoms with Crippen molar-refractivity contribution in [2.45, 2.75) is 31.8 Å². The second kappa shape index (κ2) is 4.67. The van der Waals surface area contributed by atoms with E-state index in [1.54, 1.807) is 0 Å².